The van der Waals surface area contributed by atoms with E-state index in [4.69, 9.17) is 14.8 Å². The summed E-state index contributed by atoms with van der Waals surface area (Å²) in [5.41, 5.74) is 8.25. The van der Waals surface area contributed by atoms with Crippen LogP contribution >= 0.6 is 0 Å². The number of benzene rings is 4. The average Bonchev–Trinajstić information content (AvgIpc) is 3.49. The summed E-state index contributed by atoms with van der Waals surface area (Å²) in [6, 6.07) is 33.3. The molecule has 0 saturated heterocycles. The summed E-state index contributed by atoms with van der Waals surface area (Å²) in [5, 5.41) is 6.64. The maximum absolute atomic E-state index is 14.4. The largest absolute Gasteiger partial charge is 0.457 e. The molecule has 0 bridgehead atoms. The lowest BCUT2D eigenvalue weighted by atomic mass is 10.0. The molecular formula is C38H33FN4O. The van der Waals surface area contributed by atoms with Crippen LogP contribution in [0.15, 0.2) is 109 Å². The summed E-state index contributed by atoms with van der Waals surface area (Å²) >= 11 is 0. The van der Waals surface area contributed by atoms with Crippen LogP contribution in [0.25, 0.3) is 44.4 Å². The fourth-order valence-electron chi connectivity index (χ4n) is 6.20. The molecule has 218 valence electrons. The molecule has 7 aromatic rings. The normalized spacial score (nSPS) is 11.6. The van der Waals surface area contributed by atoms with E-state index < -0.39 is 0 Å². The first-order valence-corrected chi connectivity index (χ1v) is 14.9. The Morgan fingerprint density at radius 3 is 2.41 bits per heavy atom. The average molecular weight is 581 g/mol. The van der Waals surface area contributed by atoms with Gasteiger partial charge >= 0.3 is 0 Å². The van der Waals surface area contributed by atoms with Crippen molar-refractivity contribution in [1.82, 2.24) is 19.3 Å². The first-order chi connectivity index (χ1) is 21.4. The highest BCUT2D eigenvalue weighted by atomic mass is 19.1. The number of rotatable bonds is 7. The van der Waals surface area contributed by atoms with Crippen LogP contribution in [-0.4, -0.2) is 19.3 Å². The predicted molar refractivity (Wildman–Crippen MR) is 176 cm³/mol. The number of ether oxygens (including phenoxy) is 1. The zero-order valence-electron chi connectivity index (χ0n) is 25.3. The Hall–Kier alpha value is -5.23. The molecule has 0 saturated carbocycles. The number of hydrogen-bond acceptors (Lipinski definition) is 3. The lowest BCUT2D eigenvalue weighted by Crippen LogP contribution is -2.01. The number of nitrogens with zero attached hydrogens (tertiary/aromatic N) is 4. The first-order valence-electron chi connectivity index (χ1n) is 14.9. The molecule has 0 fully saturated rings. The van der Waals surface area contributed by atoms with E-state index in [0.29, 0.717) is 17.4 Å². The van der Waals surface area contributed by atoms with Crippen LogP contribution in [0.5, 0.6) is 11.5 Å². The van der Waals surface area contributed by atoms with Gasteiger partial charge in [-0.25, -0.2) is 14.1 Å². The Kier molecular flexibility index (Phi) is 6.97. The van der Waals surface area contributed by atoms with Crippen LogP contribution in [-0.2, 0) is 6.42 Å². The molecular weight excluding hydrogens is 547 g/mol. The van der Waals surface area contributed by atoms with Crippen molar-refractivity contribution in [3.05, 3.63) is 132 Å². The van der Waals surface area contributed by atoms with Crippen molar-refractivity contribution in [2.45, 2.75) is 34.1 Å². The third kappa shape index (κ3) is 5.02. The van der Waals surface area contributed by atoms with Crippen molar-refractivity contribution in [2.24, 2.45) is 5.92 Å². The molecule has 0 unspecified atom stereocenters. The molecule has 0 spiro atoms. The van der Waals surface area contributed by atoms with Crippen molar-refractivity contribution < 1.29 is 9.13 Å². The fraction of sp³-hybridized carbons (Fsp3) is 0.158. The van der Waals surface area contributed by atoms with Crippen molar-refractivity contribution >= 4 is 21.8 Å². The summed E-state index contributed by atoms with van der Waals surface area (Å²) in [7, 11) is 0. The van der Waals surface area contributed by atoms with Crippen LogP contribution in [0.2, 0.25) is 0 Å². The topological polar surface area (TPSA) is 44.9 Å². The molecule has 0 aliphatic rings. The number of aromatic nitrogens is 4. The van der Waals surface area contributed by atoms with Crippen molar-refractivity contribution in [3.8, 4) is 34.1 Å². The third-order valence-corrected chi connectivity index (χ3v) is 8.03. The summed E-state index contributed by atoms with van der Waals surface area (Å²) in [4.78, 5) is 4.73. The second-order valence-corrected chi connectivity index (χ2v) is 11.7. The lowest BCUT2D eigenvalue weighted by Gasteiger charge is -2.12. The SMILES string of the molecule is Cc1nn(-c2cccc(Oc3ccc4c5cc(F)ccc5n(-c5cc(CC(C)C)ccn5)c4c3)c2)c(C)c1-c1ccccc1. The number of hydrogen-bond donors (Lipinski definition) is 0. The summed E-state index contributed by atoms with van der Waals surface area (Å²) in [6.45, 7) is 8.55. The second-order valence-electron chi connectivity index (χ2n) is 11.7. The number of fused-ring (bicyclic) bond motifs is 3. The zero-order chi connectivity index (χ0) is 30.4. The zero-order valence-corrected chi connectivity index (χ0v) is 25.3. The van der Waals surface area contributed by atoms with Gasteiger partial charge in [0.2, 0.25) is 0 Å². The minimum atomic E-state index is -0.269. The maximum atomic E-state index is 14.4. The van der Waals surface area contributed by atoms with E-state index in [2.05, 4.69) is 49.6 Å². The van der Waals surface area contributed by atoms with Crippen LogP contribution < -0.4 is 4.74 Å². The monoisotopic (exact) mass is 580 g/mol. The Labute approximate surface area is 256 Å². The molecule has 3 aromatic heterocycles. The fourth-order valence-corrected chi connectivity index (χ4v) is 6.20. The van der Waals surface area contributed by atoms with Crippen molar-refractivity contribution in [2.75, 3.05) is 0 Å². The molecule has 0 radical (unpaired) electrons. The minimum Gasteiger partial charge on any atom is -0.457 e. The number of halogens is 1. The van der Waals surface area contributed by atoms with Gasteiger partial charge in [-0.3, -0.25) is 4.57 Å². The Morgan fingerprint density at radius 1 is 0.773 bits per heavy atom. The van der Waals surface area contributed by atoms with Crippen LogP contribution in [0, 0.1) is 25.6 Å². The van der Waals surface area contributed by atoms with Gasteiger partial charge in [0.25, 0.3) is 0 Å². The maximum Gasteiger partial charge on any atom is 0.137 e. The van der Waals surface area contributed by atoms with Crippen LogP contribution in [0.4, 0.5) is 4.39 Å². The lowest BCUT2D eigenvalue weighted by molar-refractivity contribution is 0.482. The highest BCUT2D eigenvalue weighted by Crippen LogP contribution is 2.36. The van der Waals surface area contributed by atoms with E-state index in [9.17, 15) is 4.39 Å². The molecule has 44 heavy (non-hydrogen) atoms. The molecule has 0 atom stereocenters. The molecule has 0 aliphatic heterocycles. The highest BCUT2D eigenvalue weighted by molar-refractivity contribution is 6.09. The molecule has 0 amide bonds. The van der Waals surface area contributed by atoms with Gasteiger partial charge in [0.15, 0.2) is 0 Å². The standard InChI is InChI=1S/C38H33FN4O/c1-24(2)19-27-17-18-40-37(20-27)42-35-16-13-29(39)21-34(35)33-15-14-32(23-36(33)42)44-31-12-8-11-30(22-31)43-26(4)38(25(3)41-43)28-9-6-5-7-10-28/h5-18,20-24H,19H2,1-4H3. The molecule has 0 N–H and O–H groups in total. The molecule has 5 nitrogen and oxygen atoms in total. The van der Waals surface area contributed by atoms with E-state index in [0.717, 1.165) is 62.2 Å². The second kappa shape index (κ2) is 11.1. The highest BCUT2D eigenvalue weighted by Gasteiger charge is 2.17. The Morgan fingerprint density at radius 2 is 1.59 bits per heavy atom. The van der Waals surface area contributed by atoms with Crippen LogP contribution in [0.3, 0.4) is 0 Å². The third-order valence-electron chi connectivity index (χ3n) is 8.03. The molecule has 3 heterocycles. The van der Waals surface area contributed by atoms with E-state index in [1.165, 1.54) is 11.6 Å². The summed E-state index contributed by atoms with van der Waals surface area (Å²) in [6.07, 6.45) is 2.80. The Bertz CT molecular complexity index is 2140. The molecule has 4 aromatic carbocycles. The van der Waals surface area contributed by atoms with Gasteiger partial charge in [-0.05, 0) is 91.9 Å². The van der Waals surface area contributed by atoms with Gasteiger partial charge < -0.3 is 4.74 Å². The smallest absolute Gasteiger partial charge is 0.137 e. The van der Waals surface area contributed by atoms with Gasteiger partial charge in [-0.2, -0.15) is 5.10 Å². The van der Waals surface area contributed by atoms with E-state index >= 15 is 0 Å². The van der Waals surface area contributed by atoms with Crippen LogP contribution in [0.1, 0.15) is 30.8 Å². The molecule has 6 heteroatoms. The summed E-state index contributed by atoms with van der Waals surface area (Å²) in [5.74, 6) is 2.42. The first kappa shape index (κ1) is 27.6. The van der Waals surface area contributed by atoms with Gasteiger partial charge in [0.1, 0.15) is 23.1 Å². The number of pyridine rings is 1. The number of aryl methyl sites for hydroxylation is 1. The predicted octanol–water partition coefficient (Wildman–Crippen LogP) is 9.78. The van der Waals surface area contributed by atoms with Gasteiger partial charge in [0, 0.05) is 40.4 Å². The van der Waals surface area contributed by atoms with Gasteiger partial charge in [-0.15, -0.1) is 0 Å². The van der Waals surface area contributed by atoms with Gasteiger partial charge in [-0.1, -0.05) is 50.2 Å². The minimum absolute atomic E-state index is 0.269. The molecule has 7 rings (SSSR count). The van der Waals surface area contributed by atoms with Crippen molar-refractivity contribution in [1.29, 1.82) is 0 Å². The quantitative estimate of drug-likeness (QED) is 0.189. The van der Waals surface area contributed by atoms with E-state index in [1.54, 1.807) is 6.07 Å². The van der Waals surface area contributed by atoms with Crippen molar-refractivity contribution in [3.63, 3.8) is 0 Å². The van der Waals surface area contributed by atoms with E-state index in [1.807, 2.05) is 84.5 Å². The van der Waals surface area contributed by atoms with Gasteiger partial charge in [0.05, 0.1) is 22.4 Å². The molecule has 0 aliphatic carbocycles. The van der Waals surface area contributed by atoms with E-state index in [-0.39, 0.29) is 5.82 Å². The summed E-state index contributed by atoms with van der Waals surface area (Å²) < 4.78 is 24.9. The Balaban J connectivity index is 1.29.